The van der Waals surface area contributed by atoms with Gasteiger partial charge in [0, 0.05) is 32.7 Å². The van der Waals surface area contributed by atoms with E-state index >= 15 is 0 Å². The lowest BCUT2D eigenvalue weighted by Crippen LogP contribution is -2.44. The molecule has 0 atom stereocenters. The molecule has 0 fully saturated rings. The Morgan fingerprint density at radius 2 is 1.40 bits per heavy atom. The zero-order valence-electron chi connectivity index (χ0n) is 10.2. The van der Waals surface area contributed by atoms with Crippen LogP contribution in [0.1, 0.15) is 26.7 Å². The van der Waals surface area contributed by atoms with Crippen LogP contribution in [0.25, 0.3) is 0 Å². The first-order chi connectivity index (χ1) is 7.20. The highest BCUT2D eigenvalue weighted by molar-refractivity contribution is 4.55. The predicted octanol–water partition coefficient (Wildman–Crippen LogP) is -0.253. The monoisotopic (exact) mass is 217 g/mol. The van der Waals surface area contributed by atoms with Gasteiger partial charge < -0.3 is 5.32 Å². The molecule has 0 unspecified atom stereocenters. The van der Waals surface area contributed by atoms with Crippen LogP contribution in [-0.2, 0) is 0 Å². The van der Waals surface area contributed by atoms with Gasteiger partial charge in [0.05, 0.1) is 0 Å². The van der Waals surface area contributed by atoms with E-state index in [9.17, 15) is 0 Å². The van der Waals surface area contributed by atoms with E-state index in [1.165, 1.54) is 0 Å². The summed E-state index contributed by atoms with van der Waals surface area (Å²) in [6.07, 6.45) is 2.25. The maximum absolute atomic E-state index is 5.81. The summed E-state index contributed by atoms with van der Waals surface area (Å²) in [5.74, 6) is 11.6. The summed E-state index contributed by atoms with van der Waals surface area (Å²) in [5, 5.41) is 6.95. The van der Waals surface area contributed by atoms with Gasteiger partial charge in [-0.2, -0.15) is 0 Å². The SMILES string of the molecule is CCCNCCN(N)CCN(N)CCC. The number of hydrogen-bond acceptors (Lipinski definition) is 5. The number of hydrogen-bond donors (Lipinski definition) is 3. The van der Waals surface area contributed by atoms with Crippen LogP contribution in [-0.4, -0.2) is 49.3 Å². The average Bonchev–Trinajstić information content (AvgIpc) is 2.22. The normalized spacial score (nSPS) is 11.6. The molecule has 0 bridgehead atoms. The van der Waals surface area contributed by atoms with Crippen LogP contribution in [0.2, 0.25) is 0 Å². The number of nitrogens with one attached hydrogen (secondary N) is 1. The molecule has 0 aliphatic heterocycles. The standard InChI is InChI=1S/C10H27N5/c1-3-5-13-6-8-15(12)10-9-14(11)7-4-2/h13H,3-12H2,1-2H3. The minimum absolute atomic E-state index is 0.824. The highest BCUT2D eigenvalue weighted by Crippen LogP contribution is 1.84. The molecule has 0 aliphatic rings. The second-order valence-corrected chi connectivity index (χ2v) is 3.82. The zero-order valence-corrected chi connectivity index (χ0v) is 10.2. The highest BCUT2D eigenvalue weighted by atomic mass is 15.4. The molecule has 0 aliphatic carbocycles. The Kier molecular flexibility index (Phi) is 10.2. The molecule has 0 aromatic heterocycles. The molecule has 15 heavy (non-hydrogen) atoms. The van der Waals surface area contributed by atoms with Gasteiger partial charge >= 0.3 is 0 Å². The first kappa shape index (κ1) is 14.8. The van der Waals surface area contributed by atoms with Gasteiger partial charge in [-0.1, -0.05) is 13.8 Å². The lowest BCUT2D eigenvalue weighted by atomic mass is 10.4. The Morgan fingerprint density at radius 3 is 1.93 bits per heavy atom. The molecule has 92 valence electrons. The third kappa shape index (κ3) is 10.1. The van der Waals surface area contributed by atoms with Gasteiger partial charge in [-0.15, -0.1) is 0 Å². The predicted molar refractivity (Wildman–Crippen MR) is 65.0 cm³/mol. The topological polar surface area (TPSA) is 70.5 Å². The van der Waals surface area contributed by atoms with Crippen molar-refractivity contribution in [1.82, 2.24) is 15.3 Å². The average molecular weight is 217 g/mol. The fraction of sp³-hybridized carbons (Fsp3) is 1.00. The van der Waals surface area contributed by atoms with Crippen molar-refractivity contribution in [2.75, 3.05) is 39.3 Å². The van der Waals surface area contributed by atoms with E-state index in [-0.39, 0.29) is 0 Å². The largest absolute Gasteiger partial charge is 0.315 e. The summed E-state index contributed by atoms with van der Waals surface area (Å²) < 4.78 is 0. The van der Waals surface area contributed by atoms with E-state index in [1.54, 1.807) is 0 Å². The first-order valence-corrected chi connectivity index (χ1v) is 5.90. The van der Waals surface area contributed by atoms with Gasteiger partial charge in [-0.3, -0.25) is 11.7 Å². The van der Waals surface area contributed by atoms with E-state index in [0.717, 1.165) is 52.1 Å². The fourth-order valence-corrected chi connectivity index (χ4v) is 1.29. The van der Waals surface area contributed by atoms with E-state index in [0.29, 0.717) is 0 Å². The molecular formula is C10H27N5. The van der Waals surface area contributed by atoms with Crippen LogP contribution in [0.3, 0.4) is 0 Å². The molecule has 0 heterocycles. The van der Waals surface area contributed by atoms with Crippen LogP contribution < -0.4 is 17.0 Å². The van der Waals surface area contributed by atoms with Gasteiger partial charge in [0.15, 0.2) is 0 Å². The maximum Gasteiger partial charge on any atom is 0.0270 e. The third-order valence-corrected chi connectivity index (χ3v) is 2.19. The maximum atomic E-state index is 5.81. The summed E-state index contributed by atoms with van der Waals surface area (Å²) >= 11 is 0. The zero-order chi connectivity index (χ0) is 11.5. The van der Waals surface area contributed by atoms with Crippen molar-refractivity contribution in [2.45, 2.75) is 26.7 Å². The van der Waals surface area contributed by atoms with Gasteiger partial charge in [0.1, 0.15) is 0 Å². The smallest absolute Gasteiger partial charge is 0.0270 e. The van der Waals surface area contributed by atoms with Crippen molar-refractivity contribution in [3.8, 4) is 0 Å². The first-order valence-electron chi connectivity index (χ1n) is 5.90. The fourth-order valence-electron chi connectivity index (χ4n) is 1.29. The molecule has 0 saturated heterocycles. The van der Waals surface area contributed by atoms with Gasteiger partial charge in [-0.05, 0) is 19.4 Å². The Balaban J connectivity index is 3.28. The number of rotatable bonds is 10. The summed E-state index contributed by atoms with van der Waals surface area (Å²) in [6.45, 7) is 9.75. The molecule has 0 aromatic carbocycles. The molecule has 5 N–H and O–H groups in total. The number of nitrogens with zero attached hydrogens (tertiary/aromatic N) is 2. The Labute approximate surface area is 93.7 Å². The quantitative estimate of drug-likeness (QED) is 0.267. The van der Waals surface area contributed by atoms with Crippen LogP contribution in [0, 0.1) is 0 Å². The summed E-state index contributed by atoms with van der Waals surface area (Å²) in [7, 11) is 0. The van der Waals surface area contributed by atoms with Gasteiger partial charge in [-0.25, -0.2) is 10.0 Å². The van der Waals surface area contributed by atoms with Crippen molar-refractivity contribution < 1.29 is 0 Å². The summed E-state index contributed by atoms with van der Waals surface area (Å²) in [6, 6.07) is 0. The Hall–Kier alpha value is -0.200. The van der Waals surface area contributed by atoms with Crippen molar-refractivity contribution in [1.29, 1.82) is 0 Å². The molecule has 5 heteroatoms. The summed E-state index contributed by atoms with van der Waals surface area (Å²) in [4.78, 5) is 0. The van der Waals surface area contributed by atoms with E-state index in [4.69, 9.17) is 11.7 Å². The Bertz CT molecular complexity index is 131. The van der Waals surface area contributed by atoms with Crippen molar-refractivity contribution in [3.63, 3.8) is 0 Å². The lowest BCUT2D eigenvalue weighted by molar-refractivity contribution is 0.208. The number of hydrazine groups is 2. The van der Waals surface area contributed by atoms with Crippen molar-refractivity contribution in [2.24, 2.45) is 11.7 Å². The molecule has 0 spiro atoms. The van der Waals surface area contributed by atoms with Crippen LogP contribution in [0.5, 0.6) is 0 Å². The second kappa shape index (κ2) is 10.3. The van der Waals surface area contributed by atoms with E-state index in [2.05, 4.69) is 19.2 Å². The highest BCUT2D eigenvalue weighted by Gasteiger charge is 2.01. The number of nitrogens with two attached hydrogens (primary N) is 2. The molecule has 0 amide bonds. The molecule has 0 aromatic rings. The van der Waals surface area contributed by atoms with E-state index < -0.39 is 0 Å². The molecule has 0 radical (unpaired) electrons. The molecule has 0 saturated carbocycles. The second-order valence-electron chi connectivity index (χ2n) is 3.82. The van der Waals surface area contributed by atoms with Crippen LogP contribution in [0.15, 0.2) is 0 Å². The Morgan fingerprint density at radius 1 is 0.800 bits per heavy atom. The molecular weight excluding hydrogens is 190 g/mol. The van der Waals surface area contributed by atoms with E-state index in [1.807, 2.05) is 10.0 Å². The lowest BCUT2D eigenvalue weighted by Gasteiger charge is -2.21. The van der Waals surface area contributed by atoms with Crippen LogP contribution >= 0.6 is 0 Å². The van der Waals surface area contributed by atoms with Crippen LogP contribution in [0.4, 0.5) is 0 Å². The van der Waals surface area contributed by atoms with Gasteiger partial charge in [0.25, 0.3) is 0 Å². The molecule has 5 nitrogen and oxygen atoms in total. The van der Waals surface area contributed by atoms with Crippen molar-refractivity contribution in [3.05, 3.63) is 0 Å². The minimum atomic E-state index is 0.824. The van der Waals surface area contributed by atoms with Crippen molar-refractivity contribution >= 4 is 0 Å². The minimum Gasteiger partial charge on any atom is -0.315 e. The third-order valence-electron chi connectivity index (χ3n) is 2.19. The van der Waals surface area contributed by atoms with Gasteiger partial charge in [0.2, 0.25) is 0 Å². The summed E-state index contributed by atoms with van der Waals surface area (Å²) in [5.41, 5.74) is 0. The molecule has 0 rings (SSSR count).